The van der Waals surface area contributed by atoms with E-state index >= 15 is 0 Å². The van der Waals surface area contributed by atoms with Crippen molar-refractivity contribution in [1.29, 1.82) is 0 Å². The molecule has 0 spiro atoms. The predicted octanol–water partition coefficient (Wildman–Crippen LogP) is 5.11. The molecule has 0 atom stereocenters. The molecule has 21 heavy (non-hydrogen) atoms. The lowest BCUT2D eigenvalue weighted by Crippen LogP contribution is -1.99. The molecule has 0 unspecified atom stereocenters. The van der Waals surface area contributed by atoms with Crippen molar-refractivity contribution in [3.63, 3.8) is 0 Å². The Balaban J connectivity index is 2.18. The second-order valence-corrected chi connectivity index (χ2v) is 6.73. The van der Waals surface area contributed by atoms with Crippen molar-refractivity contribution in [2.75, 3.05) is 0 Å². The zero-order chi connectivity index (χ0) is 15.6. The number of carboxylic acids is 1. The van der Waals surface area contributed by atoms with Crippen LogP contribution in [-0.4, -0.2) is 11.1 Å². The number of hydrogen-bond acceptors (Lipinski definition) is 3. The zero-order valence-corrected chi connectivity index (χ0v) is 13.7. The number of hydrogen-bond donors (Lipinski definition) is 1. The van der Waals surface area contributed by atoms with E-state index in [0.717, 1.165) is 26.8 Å². The van der Waals surface area contributed by atoms with Gasteiger partial charge in [0, 0.05) is 9.90 Å². The molecule has 3 nitrogen and oxygen atoms in total. The number of ether oxygens (including phenoxy) is 1. The number of carbonyl (C=O) groups is 1. The number of benzene rings is 1. The summed E-state index contributed by atoms with van der Waals surface area (Å²) < 4.78 is 5.87. The van der Waals surface area contributed by atoms with Crippen molar-refractivity contribution in [3.05, 3.63) is 50.2 Å². The summed E-state index contributed by atoms with van der Waals surface area (Å²) in [4.78, 5) is 12.1. The Bertz CT molecular complexity index is 662. The van der Waals surface area contributed by atoms with Crippen LogP contribution in [0.5, 0.6) is 5.75 Å². The van der Waals surface area contributed by atoms with Crippen molar-refractivity contribution < 1.29 is 14.6 Å². The molecule has 1 N–H and O–H groups in total. The average Bonchev–Trinajstić information content (AvgIpc) is 2.88. The summed E-state index contributed by atoms with van der Waals surface area (Å²) in [7, 11) is 0. The van der Waals surface area contributed by atoms with E-state index in [1.807, 2.05) is 19.1 Å². The summed E-state index contributed by atoms with van der Waals surface area (Å²) >= 11 is 7.40. The van der Waals surface area contributed by atoms with Crippen molar-refractivity contribution in [1.82, 2.24) is 0 Å². The van der Waals surface area contributed by atoms with E-state index in [2.05, 4.69) is 13.8 Å². The number of carboxylic acid groups (broad SMARTS) is 1. The van der Waals surface area contributed by atoms with Gasteiger partial charge >= 0.3 is 5.97 Å². The highest BCUT2D eigenvalue weighted by Gasteiger charge is 2.12. The van der Waals surface area contributed by atoms with E-state index in [4.69, 9.17) is 21.4 Å². The van der Waals surface area contributed by atoms with Gasteiger partial charge in [0.1, 0.15) is 17.2 Å². The highest BCUT2D eigenvalue weighted by Crippen LogP contribution is 2.32. The van der Waals surface area contributed by atoms with Crippen LogP contribution in [0.1, 0.15) is 45.4 Å². The Morgan fingerprint density at radius 2 is 2.10 bits per heavy atom. The highest BCUT2D eigenvalue weighted by atomic mass is 35.5. The number of thiophene rings is 1. The smallest absolute Gasteiger partial charge is 0.345 e. The molecule has 0 saturated carbocycles. The van der Waals surface area contributed by atoms with Gasteiger partial charge in [0.25, 0.3) is 0 Å². The Labute approximate surface area is 133 Å². The summed E-state index contributed by atoms with van der Waals surface area (Å²) in [5.74, 6) is 0.199. The van der Waals surface area contributed by atoms with Gasteiger partial charge in [0.2, 0.25) is 0 Å². The second kappa shape index (κ2) is 6.50. The van der Waals surface area contributed by atoms with Gasteiger partial charge in [0.05, 0.1) is 0 Å². The molecule has 0 aliphatic rings. The van der Waals surface area contributed by atoms with Gasteiger partial charge in [-0.05, 0) is 48.2 Å². The predicted molar refractivity (Wildman–Crippen MR) is 85.9 cm³/mol. The summed E-state index contributed by atoms with van der Waals surface area (Å²) in [5, 5.41) is 9.65. The van der Waals surface area contributed by atoms with Crippen LogP contribution < -0.4 is 4.74 Å². The maximum atomic E-state index is 10.9. The molecule has 112 valence electrons. The van der Waals surface area contributed by atoms with Gasteiger partial charge in [0.15, 0.2) is 0 Å². The molecule has 0 aliphatic heterocycles. The number of rotatable bonds is 5. The van der Waals surface area contributed by atoms with Gasteiger partial charge in [-0.15, -0.1) is 11.3 Å². The van der Waals surface area contributed by atoms with E-state index in [1.165, 1.54) is 11.3 Å². The summed E-state index contributed by atoms with van der Waals surface area (Å²) in [5.41, 5.74) is 2.02. The van der Waals surface area contributed by atoms with Crippen LogP contribution >= 0.6 is 22.9 Å². The molecule has 1 aromatic carbocycles. The van der Waals surface area contributed by atoms with Crippen molar-refractivity contribution in [3.8, 4) is 5.75 Å². The maximum Gasteiger partial charge on any atom is 0.345 e. The molecule has 0 saturated heterocycles. The molecule has 2 aromatic rings. The van der Waals surface area contributed by atoms with E-state index < -0.39 is 5.97 Å². The first-order valence-electron chi connectivity index (χ1n) is 6.63. The minimum atomic E-state index is -0.906. The Morgan fingerprint density at radius 1 is 1.38 bits per heavy atom. The van der Waals surface area contributed by atoms with E-state index in [-0.39, 0.29) is 0 Å². The highest BCUT2D eigenvalue weighted by molar-refractivity contribution is 7.13. The fourth-order valence-electron chi connectivity index (χ4n) is 1.97. The fourth-order valence-corrected chi connectivity index (χ4v) is 2.90. The molecule has 0 fully saturated rings. The average molecular weight is 325 g/mol. The van der Waals surface area contributed by atoms with Gasteiger partial charge < -0.3 is 9.84 Å². The topological polar surface area (TPSA) is 46.5 Å². The lowest BCUT2D eigenvalue weighted by atomic mass is 10.0. The SMILES string of the molecule is Cc1cc(OCc2ccc(C(=O)O)s2)c(C(C)C)cc1Cl. The second-order valence-electron chi connectivity index (χ2n) is 5.15. The first-order chi connectivity index (χ1) is 9.88. The van der Waals surface area contributed by atoms with E-state index in [0.29, 0.717) is 17.4 Å². The number of halogens is 1. The quantitative estimate of drug-likeness (QED) is 0.831. The van der Waals surface area contributed by atoms with Gasteiger partial charge in [-0.25, -0.2) is 4.79 Å². The third-order valence-corrected chi connectivity index (χ3v) is 4.61. The fraction of sp³-hybridized carbons (Fsp3) is 0.312. The molecule has 0 radical (unpaired) electrons. The lowest BCUT2D eigenvalue weighted by Gasteiger charge is -2.15. The third kappa shape index (κ3) is 3.77. The zero-order valence-electron chi connectivity index (χ0n) is 12.1. The molecule has 1 aromatic heterocycles. The van der Waals surface area contributed by atoms with Gasteiger partial charge in [-0.3, -0.25) is 0 Å². The van der Waals surface area contributed by atoms with Gasteiger partial charge in [-0.1, -0.05) is 25.4 Å². The van der Waals surface area contributed by atoms with Crippen molar-refractivity contribution >= 4 is 28.9 Å². The number of aromatic carboxylic acids is 1. The summed E-state index contributed by atoms with van der Waals surface area (Å²) in [6.07, 6.45) is 0. The van der Waals surface area contributed by atoms with Crippen LogP contribution in [0.15, 0.2) is 24.3 Å². The van der Waals surface area contributed by atoms with Crippen LogP contribution in [0.3, 0.4) is 0 Å². The Kier molecular flexibility index (Phi) is 4.91. The summed E-state index contributed by atoms with van der Waals surface area (Å²) in [6.45, 7) is 6.47. The normalized spacial score (nSPS) is 10.9. The standard InChI is InChI=1S/C16H17ClO3S/c1-9(2)12-7-13(17)10(3)6-14(12)20-8-11-4-5-15(21-11)16(18)19/h4-7,9H,8H2,1-3H3,(H,18,19). The minimum Gasteiger partial charge on any atom is -0.488 e. The van der Waals surface area contributed by atoms with Crippen LogP contribution in [0.25, 0.3) is 0 Å². The molecular formula is C16H17ClO3S. The molecule has 2 rings (SSSR count). The Morgan fingerprint density at radius 3 is 2.67 bits per heavy atom. The summed E-state index contributed by atoms with van der Waals surface area (Å²) in [6, 6.07) is 7.26. The monoisotopic (exact) mass is 324 g/mol. The van der Waals surface area contributed by atoms with Crippen molar-refractivity contribution in [2.45, 2.75) is 33.3 Å². The lowest BCUT2D eigenvalue weighted by molar-refractivity contribution is 0.0702. The van der Waals surface area contributed by atoms with Crippen LogP contribution in [0.4, 0.5) is 0 Å². The maximum absolute atomic E-state index is 10.9. The number of aryl methyl sites for hydroxylation is 1. The van der Waals surface area contributed by atoms with Crippen LogP contribution in [-0.2, 0) is 6.61 Å². The molecule has 0 bridgehead atoms. The van der Waals surface area contributed by atoms with Crippen LogP contribution in [0.2, 0.25) is 5.02 Å². The third-order valence-electron chi connectivity index (χ3n) is 3.16. The molecular weight excluding hydrogens is 308 g/mol. The molecule has 1 heterocycles. The van der Waals surface area contributed by atoms with Gasteiger partial charge in [-0.2, -0.15) is 0 Å². The first kappa shape index (κ1) is 15.9. The molecule has 0 aliphatic carbocycles. The minimum absolute atomic E-state index is 0.302. The van der Waals surface area contributed by atoms with Crippen molar-refractivity contribution in [2.24, 2.45) is 0 Å². The Hall–Kier alpha value is -1.52. The first-order valence-corrected chi connectivity index (χ1v) is 7.82. The molecule has 5 heteroatoms. The van der Waals surface area contributed by atoms with E-state index in [1.54, 1.807) is 12.1 Å². The molecule has 0 amide bonds. The largest absolute Gasteiger partial charge is 0.488 e. The van der Waals surface area contributed by atoms with Crippen LogP contribution in [0, 0.1) is 6.92 Å². The van der Waals surface area contributed by atoms with E-state index in [9.17, 15) is 4.79 Å².